The second-order valence-corrected chi connectivity index (χ2v) is 6.92. The number of urea groups is 1. The molecular weight excluding hydrogens is 443 g/mol. The summed E-state index contributed by atoms with van der Waals surface area (Å²) in [5.74, 6) is -0.149. The molecule has 0 heterocycles. The van der Waals surface area contributed by atoms with Gasteiger partial charge in [-0.1, -0.05) is 31.0 Å². The number of alkyl halides is 3. The van der Waals surface area contributed by atoms with Crippen LogP contribution in [0.25, 0.3) is 0 Å². The maximum absolute atomic E-state index is 12.7. The van der Waals surface area contributed by atoms with Gasteiger partial charge in [-0.05, 0) is 54.6 Å². The van der Waals surface area contributed by atoms with Gasteiger partial charge in [0.15, 0.2) is 0 Å². The molecule has 3 aromatic rings. The quantitative estimate of drug-likeness (QED) is 0.418. The number of methoxy groups -OCH3 is 1. The lowest BCUT2D eigenvalue weighted by molar-refractivity contribution is -0.137. The molecule has 0 unspecified atom stereocenters. The third-order valence-corrected chi connectivity index (χ3v) is 4.75. The number of nitrogens with one attached hydrogen (secondary N) is 2. The summed E-state index contributed by atoms with van der Waals surface area (Å²) in [6.45, 7) is 0. The Kier molecular flexibility index (Phi) is 6.94. The summed E-state index contributed by atoms with van der Waals surface area (Å²) in [4.78, 5) is 25.2. The highest BCUT2D eigenvalue weighted by atomic mass is 32.1. The predicted molar refractivity (Wildman–Crippen MR) is 119 cm³/mol. The Labute approximate surface area is 187 Å². The molecule has 166 valence electrons. The zero-order valence-corrected chi connectivity index (χ0v) is 17.6. The fourth-order valence-electron chi connectivity index (χ4n) is 2.75. The van der Waals surface area contributed by atoms with E-state index in [4.69, 9.17) is 4.74 Å². The average Bonchev–Trinajstić information content (AvgIpc) is 2.78. The number of benzene rings is 3. The molecule has 10 heteroatoms. The standard InChI is InChI=1S/C22H18F3N3O3S/c1-31-19-12-7-14(20(29)26-16-5-3-2-4-6-16)13-18(19)28(32)21(30)27-17-10-8-15(9-11-17)22(23,24)25/h2-13,32H,1H3,(H,26,29)(H,27,30). The number of para-hydroxylation sites is 1. The molecule has 3 rings (SSSR count). The first kappa shape index (κ1) is 23.0. The van der Waals surface area contributed by atoms with Gasteiger partial charge in [0.2, 0.25) is 0 Å². The van der Waals surface area contributed by atoms with Gasteiger partial charge in [0.1, 0.15) is 5.75 Å². The third-order valence-electron chi connectivity index (χ3n) is 4.36. The van der Waals surface area contributed by atoms with Gasteiger partial charge in [0.05, 0.1) is 18.4 Å². The van der Waals surface area contributed by atoms with Gasteiger partial charge in [-0.15, -0.1) is 0 Å². The van der Waals surface area contributed by atoms with Crippen LogP contribution in [0.3, 0.4) is 0 Å². The minimum absolute atomic E-state index is 0.138. The van der Waals surface area contributed by atoms with Crippen molar-refractivity contribution >= 4 is 41.8 Å². The van der Waals surface area contributed by atoms with Crippen molar-refractivity contribution < 1.29 is 27.5 Å². The molecule has 3 aromatic carbocycles. The summed E-state index contributed by atoms with van der Waals surface area (Å²) >= 11 is 4.18. The van der Waals surface area contributed by atoms with Gasteiger partial charge in [0.25, 0.3) is 5.91 Å². The highest BCUT2D eigenvalue weighted by Gasteiger charge is 2.30. The van der Waals surface area contributed by atoms with Gasteiger partial charge >= 0.3 is 12.2 Å². The van der Waals surface area contributed by atoms with Crippen molar-refractivity contribution in [3.8, 4) is 5.75 Å². The Morgan fingerprint density at radius 1 is 0.906 bits per heavy atom. The Hall–Kier alpha value is -3.66. The van der Waals surface area contributed by atoms with Crippen LogP contribution in [0.2, 0.25) is 0 Å². The molecule has 0 bridgehead atoms. The number of halogens is 3. The molecule has 3 amide bonds. The number of carbonyl (C=O) groups excluding carboxylic acids is 2. The van der Waals surface area contributed by atoms with Gasteiger partial charge in [0, 0.05) is 16.9 Å². The summed E-state index contributed by atoms with van der Waals surface area (Å²) in [6, 6.07) is 16.5. The number of hydrogen-bond acceptors (Lipinski definition) is 4. The fourth-order valence-corrected chi connectivity index (χ4v) is 2.96. The first-order valence-corrected chi connectivity index (χ1v) is 9.60. The molecule has 0 aromatic heterocycles. The topological polar surface area (TPSA) is 70.7 Å². The Morgan fingerprint density at radius 3 is 2.12 bits per heavy atom. The van der Waals surface area contributed by atoms with E-state index in [1.54, 1.807) is 24.3 Å². The molecule has 0 atom stereocenters. The fraction of sp³-hybridized carbons (Fsp3) is 0.0909. The zero-order chi connectivity index (χ0) is 23.3. The molecule has 2 N–H and O–H groups in total. The summed E-state index contributed by atoms with van der Waals surface area (Å²) in [5, 5.41) is 5.18. The third kappa shape index (κ3) is 5.52. The van der Waals surface area contributed by atoms with Crippen molar-refractivity contribution in [2.24, 2.45) is 0 Å². The van der Waals surface area contributed by atoms with Crippen LogP contribution >= 0.6 is 12.8 Å². The van der Waals surface area contributed by atoms with E-state index >= 15 is 0 Å². The Morgan fingerprint density at radius 2 is 1.53 bits per heavy atom. The second kappa shape index (κ2) is 9.65. The van der Waals surface area contributed by atoms with E-state index in [0.29, 0.717) is 5.69 Å². The smallest absolute Gasteiger partial charge is 0.416 e. The van der Waals surface area contributed by atoms with Crippen LogP contribution in [-0.4, -0.2) is 19.0 Å². The van der Waals surface area contributed by atoms with E-state index in [1.807, 2.05) is 6.07 Å². The van der Waals surface area contributed by atoms with Crippen LogP contribution < -0.4 is 19.7 Å². The van der Waals surface area contributed by atoms with Crippen molar-refractivity contribution in [1.82, 2.24) is 0 Å². The molecule has 0 aliphatic heterocycles. The SMILES string of the molecule is COc1ccc(C(=O)Nc2ccccc2)cc1N(S)C(=O)Nc1ccc(C(F)(F)F)cc1. The summed E-state index contributed by atoms with van der Waals surface area (Å²) in [5.41, 5.74) is 0.306. The van der Waals surface area contributed by atoms with Crippen molar-refractivity contribution in [2.45, 2.75) is 6.18 Å². The summed E-state index contributed by atoms with van der Waals surface area (Å²) in [7, 11) is 1.39. The lowest BCUT2D eigenvalue weighted by Gasteiger charge is -2.20. The maximum atomic E-state index is 12.7. The molecule has 0 saturated heterocycles. The highest BCUT2D eigenvalue weighted by Crippen LogP contribution is 2.32. The molecule has 0 saturated carbocycles. The first-order valence-electron chi connectivity index (χ1n) is 9.20. The lowest BCUT2D eigenvalue weighted by Crippen LogP contribution is -2.27. The van der Waals surface area contributed by atoms with Crippen molar-refractivity contribution in [1.29, 1.82) is 0 Å². The highest BCUT2D eigenvalue weighted by molar-refractivity contribution is 7.82. The van der Waals surface area contributed by atoms with Gasteiger partial charge in [-0.3, -0.25) is 4.79 Å². The van der Waals surface area contributed by atoms with Gasteiger partial charge in [-0.25, -0.2) is 9.10 Å². The normalized spacial score (nSPS) is 10.9. The predicted octanol–water partition coefficient (Wildman–Crippen LogP) is 5.85. The monoisotopic (exact) mass is 461 g/mol. The number of carbonyl (C=O) groups is 2. The zero-order valence-electron chi connectivity index (χ0n) is 16.7. The maximum Gasteiger partial charge on any atom is 0.416 e. The molecule has 0 aliphatic carbocycles. The van der Waals surface area contributed by atoms with Crippen molar-refractivity contribution in [2.75, 3.05) is 22.0 Å². The van der Waals surface area contributed by atoms with Crippen LogP contribution in [-0.2, 0) is 6.18 Å². The van der Waals surface area contributed by atoms with E-state index in [1.165, 1.54) is 25.3 Å². The number of anilines is 3. The molecular formula is C22H18F3N3O3S. The van der Waals surface area contributed by atoms with Crippen molar-refractivity contribution in [3.05, 3.63) is 83.9 Å². The average molecular weight is 461 g/mol. The van der Waals surface area contributed by atoms with Gasteiger partial charge < -0.3 is 15.4 Å². The van der Waals surface area contributed by atoms with Crippen molar-refractivity contribution in [3.63, 3.8) is 0 Å². The molecule has 0 fully saturated rings. The van der Waals surface area contributed by atoms with Crippen LogP contribution in [0.5, 0.6) is 5.75 Å². The number of rotatable bonds is 5. The summed E-state index contributed by atoms with van der Waals surface area (Å²) < 4.78 is 44.2. The van der Waals surface area contributed by atoms with E-state index in [-0.39, 0.29) is 22.7 Å². The molecule has 0 radical (unpaired) electrons. The van der Waals surface area contributed by atoms with E-state index in [0.717, 1.165) is 28.6 Å². The van der Waals surface area contributed by atoms with Crippen LogP contribution in [0.4, 0.5) is 35.0 Å². The van der Waals surface area contributed by atoms with E-state index < -0.39 is 23.7 Å². The van der Waals surface area contributed by atoms with E-state index in [9.17, 15) is 22.8 Å². The number of nitrogens with zero attached hydrogens (tertiary/aromatic N) is 1. The number of amides is 3. The second-order valence-electron chi connectivity index (χ2n) is 6.52. The van der Waals surface area contributed by atoms with E-state index in [2.05, 4.69) is 23.4 Å². The Balaban J connectivity index is 1.78. The first-order chi connectivity index (χ1) is 15.2. The number of hydrogen-bond donors (Lipinski definition) is 3. The number of ether oxygens (including phenoxy) is 1. The van der Waals surface area contributed by atoms with Crippen LogP contribution in [0, 0.1) is 0 Å². The van der Waals surface area contributed by atoms with Crippen LogP contribution in [0.15, 0.2) is 72.8 Å². The van der Waals surface area contributed by atoms with Gasteiger partial charge in [-0.2, -0.15) is 13.2 Å². The molecule has 32 heavy (non-hydrogen) atoms. The largest absolute Gasteiger partial charge is 0.495 e. The molecule has 0 spiro atoms. The van der Waals surface area contributed by atoms with Crippen LogP contribution in [0.1, 0.15) is 15.9 Å². The Bertz CT molecular complexity index is 1110. The molecule has 0 aliphatic rings. The lowest BCUT2D eigenvalue weighted by atomic mass is 10.1. The minimum atomic E-state index is -4.48. The number of thiol groups is 1. The summed E-state index contributed by atoms with van der Waals surface area (Å²) in [6.07, 6.45) is -4.48. The minimum Gasteiger partial charge on any atom is -0.495 e. The molecule has 6 nitrogen and oxygen atoms in total.